The van der Waals surface area contributed by atoms with Crippen LogP contribution >= 0.6 is 15.9 Å². The monoisotopic (exact) mass is 368 g/mol. The molecule has 0 saturated carbocycles. The predicted octanol–water partition coefficient (Wildman–Crippen LogP) is 3.46. The van der Waals surface area contributed by atoms with Crippen molar-refractivity contribution in [3.8, 4) is 6.07 Å². The van der Waals surface area contributed by atoms with Crippen LogP contribution in [0.4, 0.5) is 10.1 Å². The summed E-state index contributed by atoms with van der Waals surface area (Å²) in [6.07, 6.45) is 0.255. The topological polar surface area (TPSA) is 70.0 Å². The highest BCUT2D eigenvalue weighted by molar-refractivity contribution is 9.10. The van der Waals surface area contributed by atoms with Crippen molar-refractivity contribution in [2.24, 2.45) is 0 Å². The Labute approximate surface area is 130 Å². The molecule has 0 amide bonds. The summed E-state index contributed by atoms with van der Waals surface area (Å²) in [5.74, 6) is -0.651. The quantitative estimate of drug-likeness (QED) is 0.898. The molecule has 0 bridgehead atoms. The Bertz CT molecular complexity index is 799. The third kappa shape index (κ3) is 3.80. The molecule has 2 rings (SSSR count). The SMILES string of the molecule is N#CCc1ccc(NS(=O)(=O)c2ccc(Br)c(F)c2)cc1. The maximum atomic E-state index is 13.4. The van der Waals surface area contributed by atoms with Gasteiger partial charge in [0.1, 0.15) is 5.82 Å². The van der Waals surface area contributed by atoms with Crippen LogP contribution in [0.2, 0.25) is 0 Å². The van der Waals surface area contributed by atoms with Gasteiger partial charge in [-0.15, -0.1) is 0 Å². The van der Waals surface area contributed by atoms with Gasteiger partial charge < -0.3 is 0 Å². The van der Waals surface area contributed by atoms with E-state index in [0.29, 0.717) is 5.69 Å². The number of anilines is 1. The van der Waals surface area contributed by atoms with Crippen LogP contribution in [0.25, 0.3) is 0 Å². The Kier molecular flexibility index (Phi) is 4.60. The highest BCUT2D eigenvalue weighted by atomic mass is 79.9. The average Bonchev–Trinajstić information content (AvgIpc) is 2.44. The fourth-order valence-corrected chi connectivity index (χ4v) is 2.96. The normalized spacial score (nSPS) is 10.9. The molecule has 0 saturated heterocycles. The minimum atomic E-state index is -3.85. The molecule has 2 aromatic carbocycles. The van der Waals surface area contributed by atoms with Crippen molar-refractivity contribution in [1.82, 2.24) is 0 Å². The summed E-state index contributed by atoms with van der Waals surface area (Å²) < 4.78 is 40.2. The molecule has 4 nitrogen and oxygen atoms in total. The lowest BCUT2D eigenvalue weighted by atomic mass is 10.1. The van der Waals surface area contributed by atoms with E-state index in [2.05, 4.69) is 20.7 Å². The Morgan fingerprint density at radius 2 is 1.86 bits per heavy atom. The molecule has 0 aliphatic rings. The molecular formula is C14H10BrFN2O2S. The number of nitrogens with one attached hydrogen (secondary N) is 1. The number of nitriles is 1. The van der Waals surface area contributed by atoms with E-state index in [0.717, 1.165) is 11.6 Å². The van der Waals surface area contributed by atoms with Gasteiger partial charge in [-0.2, -0.15) is 5.26 Å². The Morgan fingerprint density at radius 1 is 1.19 bits per heavy atom. The van der Waals surface area contributed by atoms with Gasteiger partial charge in [0.25, 0.3) is 10.0 Å². The van der Waals surface area contributed by atoms with Gasteiger partial charge in [0.15, 0.2) is 0 Å². The first-order chi connectivity index (χ1) is 9.92. The summed E-state index contributed by atoms with van der Waals surface area (Å²) in [5, 5.41) is 8.57. The number of benzene rings is 2. The third-order valence-electron chi connectivity index (χ3n) is 2.69. The van der Waals surface area contributed by atoms with Crippen molar-refractivity contribution in [3.05, 3.63) is 58.3 Å². The minimum Gasteiger partial charge on any atom is -0.280 e. The molecule has 0 heterocycles. The number of rotatable bonds is 4. The van der Waals surface area contributed by atoms with Crippen molar-refractivity contribution >= 4 is 31.6 Å². The van der Waals surface area contributed by atoms with E-state index in [4.69, 9.17) is 5.26 Å². The number of sulfonamides is 1. The molecule has 0 unspecified atom stereocenters. The van der Waals surface area contributed by atoms with E-state index >= 15 is 0 Å². The second-order valence-electron chi connectivity index (χ2n) is 4.21. The van der Waals surface area contributed by atoms with Gasteiger partial charge in [0.2, 0.25) is 0 Å². The molecule has 0 aliphatic heterocycles. The molecule has 2 aromatic rings. The molecule has 7 heteroatoms. The highest BCUT2D eigenvalue weighted by Gasteiger charge is 2.16. The first-order valence-electron chi connectivity index (χ1n) is 5.86. The van der Waals surface area contributed by atoms with Crippen LogP contribution in [0.5, 0.6) is 0 Å². The Morgan fingerprint density at radius 3 is 2.43 bits per heavy atom. The summed E-state index contributed by atoms with van der Waals surface area (Å²) >= 11 is 2.97. The molecule has 0 atom stereocenters. The molecule has 0 aromatic heterocycles. The van der Waals surface area contributed by atoms with Crippen molar-refractivity contribution in [2.75, 3.05) is 4.72 Å². The molecule has 1 N–H and O–H groups in total. The van der Waals surface area contributed by atoms with E-state index in [1.54, 1.807) is 24.3 Å². The van der Waals surface area contributed by atoms with Crippen LogP contribution in [0.1, 0.15) is 5.56 Å². The summed E-state index contributed by atoms with van der Waals surface area (Å²) in [4.78, 5) is -0.163. The summed E-state index contributed by atoms with van der Waals surface area (Å²) in [6.45, 7) is 0. The second-order valence-corrected chi connectivity index (χ2v) is 6.75. The molecule has 0 spiro atoms. The van der Waals surface area contributed by atoms with E-state index < -0.39 is 15.8 Å². The van der Waals surface area contributed by atoms with Crippen LogP contribution in [-0.2, 0) is 16.4 Å². The molecular weight excluding hydrogens is 359 g/mol. The lowest BCUT2D eigenvalue weighted by molar-refractivity contribution is 0.593. The first-order valence-corrected chi connectivity index (χ1v) is 8.14. The van der Waals surface area contributed by atoms with Gasteiger partial charge in [-0.3, -0.25) is 4.72 Å². The number of hydrogen-bond acceptors (Lipinski definition) is 3. The van der Waals surface area contributed by atoms with E-state index in [9.17, 15) is 12.8 Å². The molecule has 0 radical (unpaired) electrons. The van der Waals surface area contributed by atoms with Crippen molar-refractivity contribution in [2.45, 2.75) is 11.3 Å². The largest absolute Gasteiger partial charge is 0.280 e. The van der Waals surface area contributed by atoms with Crippen LogP contribution in [0.15, 0.2) is 51.8 Å². The number of halogens is 2. The van der Waals surface area contributed by atoms with Crippen molar-refractivity contribution < 1.29 is 12.8 Å². The third-order valence-corrected chi connectivity index (χ3v) is 4.71. The number of nitrogens with zero attached hydrogens (tertiary/aromatic N) is 1. The Balaban J connectivity index is 2.24. The zero-order valence-electron chi connectivity index (χ0n) is 10.7. The fourth-order valence-electron chi connectivity index (χ4n) is 1.64. The van der Waals surface area contributed by atoms with Gasteiger partial charge in [-0.25, -0.2) is 12.8 Å². The summed E-state index contributed by atoms with van der Waals surface area (Å²) in [5.41, 5.74) is 1.13. The lowest BCUT2D eigenvalue weighted by Gasteiger charge is -2.09. The maximum absolute atomic E-state index is 13.4. The standard InChI is InChI=1S/C14H10BrFN2O2S/c15-13-6-5-12(9-14(13)16)21(19,20)18-11-3-1-10(2-4-11)7-8-17/h1-6,9,18H,7H2. The fraction of sp³-hybridized carbons (Fsp3) is 0.0714. The van der Waals surface area contributed by atoms with Gasteiger partial charge in [-0.05, 0) is 51.8 Å². The zero-order valence-corrected chi connectivity index (χ0v) is 13.1. The molecule has 0 aliphatic carbocycles. The van der Waals surface area contributed by atoms with Gasteiger partial charge >= 0.3 is 0 Å². The lowest BCUT2D eigenvalue weighted by Crippen LogP contribution is -2.13. The first kappa shape index (κ1) is 15.5. The van der Waals surface area contributed by atoms with Crippen LogP contribution in [-0.4, -0.2) is 8.42 Å². The molecule has 21 heavy (non-hydrogen) atoms. The van der Waals surface area contributed by atoms with Crippen LogP contribution in [0.3, 0.4) is 0 Å². The van der Waals surface area contributed by atoms with Crippen molar-refractivity contribution in [1.29, 1.82) is 5.26 Å². The van der Waals surface area contributed by atoms with E-state index in [1.807, 2.05) is 6.07 Å². The molecule has 108 valence electrons. The second kappa shape index (κ2) is 6.24. The Hall–Kier alpha value is -1.91. The van der Waals surface area contributed by atoms with E-state index in [-0.39, 0.29) is 15.8 Å². The van der Waals surface area contributed by atoms with Crippen LogP contribution < -0.4 is 4.72 Å². The number of hydrogen-bond donors (Lipinski definition) is 1. The molecule has 0 fully saturated rings. The predicted molar refractivity (Wildman–Crippen MR) is 80.7 cm³/mol. The minimum absolute atomic E-state index is 0.163. The van der Waals surface area contributed by atoms with Gasteiger partial charge in [-0.1, -0.05) is 12.1 Å². The van der Waals surface area contributed by atoms with Crippen LogP contribution in [0, 0.1) is 17.1 Å². The summed E-state index contributed by atoms with van der Waals surface area (Å²) in [7, 11) is -3.85. The van der Waals surface area contributed by atoms with E-state index in [1.165, 1.54) is 12.1 Å². The van der Waals surface area contributed by atoms with Gasteiger partial charge in [0.05, 0.1) is 21.9 Å². The smallest absolute Gasteiger partial charge is 0.261 e. The average molecular weight is 369 g/mol. The maximum Gasteiger partial charge on any atom is 0.261 e. The van der Waals surface area contributed by atoms with Crippen molar-refractivity contribution in [3.63, 3.8) is 0 Å². The van der Waals surface area contributed by atoms with Gasteiger partial charge in [0, 0.05) is 5.69 Å². The highest BCUT2D eigenvalue weighted by Crippen LogP contribution is 2.21. The zero-order chi connectivity index (χ0) is 15.5. The summed E-state index contributed by atoms with van der Waals surface area (Å²) in [6, 6.07) is 12.0.